The van der Waals surface area contributed by atoms with Gasteiger partial charge in [-0.3, -0.25) is 4.79 Å². The lowest BCUT2D eigenvalue weighted by molar-refractivity contribution is -0.139. The zero-order valence-corrected chi connectivity index (χ0v) is 8.93. The van der Waals surface area contributed by atoms with E-state index >= 15 is 0 Å². The Bertz CT molecular complexity index is 355. The van der Waals surface area contributed by atoms with Crippen molar-refractivity contribution in [3.63, 3.8) is 0 Å². The van der Waals surface area contributed by atoms with Gasteiger partial charge in [-0.05, 0) is 24.7 Å². The molecule has 0 aliphatic heterocycles. The highest BCUT2D eigenvalue weighted by Crippen LogP contribution is 2.26. The normalized spacial score (nSPS) is 12.5. The molecule has 0 saturated carbocycles. The van der Waals surface area contributed by atoms with Crippen LogP contribution in [0.25, 0.3) is 0 Å². The summed E-state index contributed by atoms with van der Waals surface area (Å²) in [6, 6.07) is 3.92. The molecule has 0 spiro atoms. The first-order chi connectivity index (χ1) is 6.56. The first-order valence-electron chi connectivity index (χ1n) is 3.91. The summed E-state index contributed by atoms with van der Waals surface area (Å²) in [5.74, 6) is -0.975. The molecule has 2 N–H and O–H groups in total. The fraction of sp³-hybridized carbons (Fsp3) is 0.222. The van der Waals surface area contributed by atoms with Crippen molar-refractivity contribution in [1.82, 2.24) is 5.32 Å². The Kier molecular flexibility index (Phi) is 3.75. The second-order valence-corrected chi connectivity index (χ2v) is 3.57. The van der Waals surface area contributed by atoms with Crippen molar-refractivity contribution in [1.29, 1.82) is 0 Å². The molecule has 14 heavy (non-hydrogen) atoms. The molecule has 76 valence electrons. The number of carboxylic acid groups (broad SMARTS) is 1. The summed E-state index contributed by atoms with van der Waals surface area (Å²) in [5.41, 5.74) is 0.506. The van der Waals surface area contributed by atoms with Gasteiger partial charge in [0.2, 0.25) is 0 Å². The minimum absolute atomic E-state index is 0.347. The van der Waals surface area contributed by atoms with Gasteiger partial charge in [-0.25, -0.2) is 0 Å². The molecule has 3 nitrogen and oxygen atoms in total. The smallest absolute Gasteiger partial charge is 0.325 e. The molecule has 1 aromatic carbocycles. The number of hydrogen-bond acceptors (Lipinski definition) is 2. The number of aliphatic carboxylic acids is 1. The lowest BCUT2D eigenvalue weighted by Crippen LogP contribution is -2.25. The molecule has 0 aliphatic carbocycles. The standard InChI is InChI=1S/C9H9Cl2NO2/c1-12-8(9(13)14)6-3-2-5(10)4-7(6)11/h2-4,8,12H,1H3,(H,13,14)/t8-/m1/s1. The maximum absolute atomic E-state index is 10.8. The van der Waals surface area contributed by atoms with Gasteiger partial charge in [0.25, 0.3) is 0 Å². The van der Waals surface area contributed by atoms with E-state index in [4.69, 9.17) is 28.3 Å². The zero-order chi connectivity index (χ0) is 10.7. The minimum Gasteiger partial charge on any atom is -0.480 e. The second kappa shape index (κ2) is 4.64. The third-order valence-electron chi connectivity index (χ3n) is 1.81. The number of likely N-dealkylation sites (N-methyl/N-ethyl adjacent to an activating group) is 1. The highest BCUT2D eigenvalue weighted by atomic mass is 35.5. The predicted molar refractivity (Wildman–Crippen MR) is 55.9 cm³/mol. The minimum atomic E-state index is -0.975. The molecular weight excluding hydrogens is 225 g/mol. The van der Waals surface area contributed by atoms with E-state index in [-0.39, 0.29) is 0 Å². The van der Waals surface area contributed by atoms with Gasteiger partial charge in [-0.2, -0.15) is 0 Å². The van der Waals surface area contributed by atoms with Gasteiger partial charge >= 0.3 is 5.97 Å². The molecule has 0 aliphatic rings. The topological polar surface area (TPSA) is 49.3 Å². The van der Waals surface area contributed by atoms with E-state index in [0.29, 0.717) is 15.6 Å². The van der Waals surface area contributed by atoms with E-state index < -0.39 is 12.0 Å². The van der Waals surface area contributed by atoms with Crippen LogP contribution in [0.1, 0.15) is 11.6 Å². The van der Waals surface area contributed by atoms with Gasteiger partial charge in [-0.15, -0.1) is 0 Å². The lowest BCUT2D eigenvalue weighted by atomic mass is 10.1. The monoisotopic (exact) mass is 233 g/mol. The van der Waals surface area contributed by atoms with E-state index in [1.807, 2.05) is 0 Å². The Morgan fingerprint density at radius 1 is 1.50 bits per heavy atom. The Balaban J connectivity index is 3.10. The third kappa shape index (κ3) is 2.38. The second-order valence-electron chi connectivity index (χ2n) is 2.73. The van der Waals surface area contributed by atoms with E-state index in [9.17, 15) is 4.79 Å². The summed E-state index contributed by atoms with van der Waals surface area (Å²) in [6.07, 6.45) is 0. The third-order valence-corrected chi connectivity index (χ3v) is 2.37. The first-order valence-corrected chi connectivity index (χ1v) is 4.67. The van der Waals surface area contributed by atoms with Crippen LogP contribution < -0.4 is 5.32 Å². The highest BCUT2D eigenvalue weighted by Gasteiger charge is 2.19. The first kappa shape index (κ1) is 11.3. The van der Waals surface area contributed by atoms with Gasteiger partial charge in [-0.1, -0.05) is 29.3 Å². The van der Waals surface area contributed by atoms with Crippen LogP contribution in [0.2, 0.25) is 10.0 Å². The van der Waals surface area contributed by atoms with E-state index in [1.54, 1.807) is 19.2 Å². The fourth-order valence-electron chi connectivity index (χ4n) is 1.15. The van der Waals surface area contributed by atoms with Gasteiger partial charge < -0.3 is 10.4 Å². The van der Waals surface area contributed by atoms with Crippen molar-refractivity contribution in [2.75, 3.05) is 7.05 Å². The van der Waals surface area contributed by atoms with Crippen LogP contribution in [0.3, 0.4) is 0 Å². The molecule has 0 unspecified atom stereocenters. The number of rotatable bonds is 3. The molecule has 0 bridgehead atoms. The molecule has 1 rings (SSSR count). The van der Waals surface area contributed by atoms with Gasteiger partial charge in [0.1, 0.15) is 6.04 Å². The molecule has 1 aromatic rings. The Morgan fingerprint density at radius 3 is 2.57 bits per heavy atom. The van der Waals surface area contributed by atoms with Crippen LogP contribution in [0, 0.1) is 0 Å². The summed E-state index contributed by atoms with van der Waals surface area (Å²) < 4.78 is 0. The van der Waals surface area contributed by atoms with Crippen molar-refractivity contribution in [2.45, 2.75) is 6.04 Å². The predicted octanol–water partition coefficient (Wildman–Crippen LogP) is 2.34. The van der Waals surface area contributed by atoms with Crippen molar-refractivity contribution in [3.8, 4) is 0 Å². The van der Waals surface area contributed by atoms with Crippen LogP contribution in [0.5, 0.6) is 0 Å². The number of carbonyl (C=O) groups is 1. The molecule has 0 aromatic heterocycles. The fourth-order valence-corrected chi connectivity index (χ4v) is 1.67. The van der Waals surface area contributed by atoms with Crippen LogP contribution >= 0.6 is 23.2 Å². The van der Waals surface area contributed by atoms with Gasteiger partial charge in [0, 0.05) is 10.0 Å². The zero-order valence-electron chi connectivity index (χ0n) is 7.42. The lowest BCUT2D eigenvalue weighted by Gasteiger charge is -2.13. The molecule has 1 atom stereocenters. The molecule has 0 heterocycles. The van der Waals surface area contributed by atoms with E-state index in [2.05, 4.69) is 5.32 Å². The highest BCUT2D eigenvalue weighted by molar-refractivity contribution is 6.35. The van der Waals surface area contributed by atoms with Crippen molar-refractivity contribution in [3.05, 3.63) is 33.8 Å². The average molecular weight is 234 g/mol. The quantitative estimate of drug-likeness (QED) is 0.843. The molecule has 0 fully saturated rings. The summed E-state index contributed by atoms with van der Waals surface area (Å²) in [5, 5.41) is 12.3. The van der Waals surface area contributed by atoms with Crippen LogP contribution in [-0.4, -0.2) is 18.1 Å². The van der Waals surface area contributed by atoms with Gasteiger partial charge in [0.05, 0.1) is 0 Å². The van der Waals surface area contributed by atoms with E-state index in [0.717, 1.165) is 0 Å². The molecule has 0 amide bonds. The molecular formula is C9H9Cl2NO2. The van der Waals surface area contributed by atoms with Crippen molar-refractivity contribution in [2.24, 2.45) is 0 Å². The molecule has 0 saturated heterocycles. The summed E-state index contributed by atoms with van der Waals surface area (Å²) in [6.45, 7) is 0. The van der Waals surface area contributed by atoms with Crippen LogP contribution in [-0.2, 0) is 4.79 Å². The summed E-state index contributed by atoms with van der Waals surface area (Å²) in [7, 11) is 1.56. The Morgan fingerprint density at radius 2 is 2.14 bits per heavy atom. The Hall–Kier alpha value is -0.770. The van der Waals surface area contributed by atoms with E-state index in [1.165, 1.54) is 6.07 Å². The average Bonchev–Trinajstić information content (AvgIpc) is 2.09. The number of halogens is 2. The maximum atomic E-state index is 10.8. The van der Waals surface area contributed by atoms with Crippen LogP contribution in [0.4, 0.5) is 0 Å². The number of hydrogen-bond donors (Lipinski definition) is 2. The number of carboxylic acids is 1. The van der Waals surface area contributed by atoms with Crippen LogP contribution in [0.15, 0.2) is 18.2 Å². The SMILES string of the molecule is CN[C@@H](C(=O)O)c1ccc(Cl)cc1Cl. The number of benzene rings is 1. The largest absolute Gasteiger partial charge is 0.480 e. The number of nitrogens with one attached hydrogen (secondary N) is 1. The summed E-state index contributed by atoms with van der Waals surface area (Å²) in [4.78, 5) is 10.8. The van der Waals surface area contributed by atoms with Gasteiger partial charge in [0.15, 0.2) is 0 Å². The molecule has 0 radical (unpaired) electrons. The van der Waals surface area contributed by atoms with Crippen molar-refractivity contribution >= 4 is 29.2 Å². The molecule has 5 heteroatoms. The maximum Gasteiger partial charge on any atom is 0.325 e. The van der Waals surface area contributed by atoms with Crippen molar-refractivity contribution < 1.29 is 9.90 Å². The Labute approximate surface area is 91.6 Å². The summed E-state index contributed by atoms with van der Waals surface area (Å²) >= 11 is 11.6.